The molecule has 0 unspecified atom stereocenters. The molecule has 0 radical (unpaired) electrons. The number of benzene rings is 1. The fourth-order valence-corrected chi connectivity index (χ4v) is 2.99. The molecular weight excluding hydrogens is 212 g/mol. The van der Waals surface area contributed by atoms with Crippen LogP contribution in [0.25, 0.3) is 0 Å². The van der Waals surface area contributed by atoms with Gasteiger partial charge in [-0.1, -0.05) is 19.9 Å². The molecule has 1 heterocycles. The van der Waals surface area contributed by atoms with E-state index in [1.54, 1.807) is 0 Å². The average molecular weight is 232 g/mol. The lowest BCUT2D eigenvalue weighted by atomic mass is 9.63. The van der Waals surface area contributed by atoms with E-state index in [1.807, 2.05) is 12.1 Å². The number of hydrogen-bond acceptors (Lipinski definition) is 2. The Hall–Kier alpha value is -1.02. The van der Waals surface area contributed by atoms with Crippen LogP contribution in [-0.2, 0) is 12.0 Å². The Bertz CT molecular complexity index is 431. The topological polar surface area (TPSA) is 29.5 Å². The van der Waals surface area contributed by atoms with Crippen LogP contribution in [0.3, 0.4) is 0 Å². The van der Waals surface area contributed by atoms with Crippen LogP contribution in [0.2, 0.25) is 0 Å². The van der Waals surface area contributed by atoms with Gasteiger partial charge in [0.1, 0.15) is 5.75 Å². The van der Waals surface area contributed by atoms with Gasteiger partial charge < -0.3 is 9.84 Å². The van der Waals surface area contributed by atoms with E-state index < -0.39 is 5.60 Å². The summed E-state index contributed by atoms with van der Waals surface area (Å²) in [5.41, 5.74) is 1.76. The van der Waals surface area contributed by atoms with E-state index in [2.05, 4.69) is 19.9 Å². The first-order valence-electron chi connectivity index (χ1n) is 6.57. The molecule has 1 saturated carbocycles. The number of fused-ring (bicyclic) bond motifs is 1. The van der Waals surface area contributed by atoms with Crippen LogP contribution in [0, 0.1) is 11.8 Å². The molecule has 3 rings (SSSR count). The Morgan fingerprint density at radius 1 is 1.35 bits per heavy atom. The molecule has 0 aromatic heterocycles. The van der Waals surface area contributed by atoms with E-state index in [1.165, 1.54) is 5.56 Å². The van der Waals surface area contributed by atoms with Gasteiger partial charge in [0.25, 0.3) is 0 Å². The van der Waals surface area contributed by atoms with E-state index in [9.17, 15) is 5.11 Å². The molecule has 0 amide bonds. The first-order valence-corrected chi connectivity index (χ1v) is 6.57. The van der Waals surface area contributed by atoms with Gasteiger partial charge in [-0.15, -0.1) is 0 Å². The summed E-state index contributed by atoms with van der Waals surface area (Å²) in [6.07, 6.45) is 2.79. The summed E-state index contributed by atoms with van der Waals surface area (Å²) in [4.78, 5) is 0. The predicted molar refractivity (Wildman–Crippen MR) is 67.1 cm³/mol. The van der Waals surface area contributed by atoms with Crippen molar-refractivity contribution in [3.8, 4) is 5.75 Å². The van der Waals surface area contributed by atoms with Gasteiger partial charge in [0.2, 0.25) is 0 Å². The number of aliphatic hydroxyl groups is 1. The van der Waals surface area contributed by atoms with Gasteiger partial charge in [0, 0.05) is 6.42 Å². The Labute approximate surface area is 103 Å². The van der Waals surface area contributed by atoms with E-state index in [0.29, 0.717) is 11.8 Å². The molecule has 2 aliphatic rings. The van der Waals surface area contributed by atoms with E-state index in [-0.39, 0.29) is 0 Å². The summed E-state index contributed by atoms with van der Waals surface area (Å²) in [7, 11) is 0. The summed E-state index contributed by atoms with van der Waals surface area (Å²) in [6.45, 7) is 5.26. The summed E-state index contributed by atoms with van der Waals surface area (Å²) < 4.78 is 5.50. The minimum Gasteiger partial charge on any atom is -0.493 e. The smallest absolute Gasteiger partial charge is 0.122 e. The molecule has 1 aliphatic carbocycles. The highest BCUT2D eigenvalue weighted by Crippen LogP contribution is 2.49. The van der Waals surface area contributed by atoms with Gasteiger partial charge in [0.05, 0.1) is 12.2 Å². The van der Waals surface area contributed by atoms with Gasteiger partial charge in [-0.25, -0.2) is 0 Å². The third kappa shape index (κ3) is 1.75. The van der Waals surface area contributed by atoms with Gasteiger partial charge in [-0.3, -0.25) is 0 Å². The molecule has 17 heavy (non-hydrogen) atoms. The third-order valence-corrected chi connectivity index (χ3v) is 4.37. The molecule has 1 aromatic rings. The summed E-state index contributed by atoms with van der Waals surface area (Å²) in [6, 6.07) is 6.18. The second-order valence-electron chi connectivity index (χ2n) is 5.86. The second-order valence-corrected chi connectivity index (χ2v) is 5.86. The van der Waals surface area contributed by atoms with E-state index in [4.69, 9.17) is 4.74 Å². The maximum atomic E-state index is 10.6. The standard InChI is InChI=1S/C15H20O2/c1-10(2)12-8-15(16,9-12)13-3-4-14-11(7-13)5-6-17-14/h3-4,7,10,12,16H,5-6,8-9H2,1-2H3. The first kappa shape index (κ1) is 11.1. The van der Waals surface area contributed by atoms with Crippen molar-refractivity contribution in [3.05, 3.63) is 29.3 Å². The average Bonchev–Trinajstić information content (AvgIpc) is 2.71. The Balaban J connectivity index is 1.81. The molecule has 0 bridgehead atoms. The molecule has 0 atom stereocenters. The van der Waals surface area contributed by atoms with Gasteiger partial charge in [-0.05, 0) is 47.9 Å². The molecule has 2 nitrogen and oxygen atoms in total. The summed E-state index contributed by atoms with van der Waals surface area (Å²) >= 11 is 0. The molecule has 1 fully saturated rings. The Morgan fingerprint density at radius 3 is 2.82 bits per heavy atom. The molecule has 1 N–H and O–H groups in total. The maximum absolute atomic E-state index is 10.6. The molecule has 2 heteroatoms. The minimum absolute atomic E-state index is 0.577. The van der Waals surface area contributed by atoms with Crippen molar-refractivity contribution in [1.82, 2.24) is 0 Å². The largest absolute Gasteiger partial charge is 0.493 e. The number of rotatable bonds is 2. The Morgan fingerprint density at radius 2 is 2.12 bits per heavy atom. The lowest BCUT2D eigenvalue weighted by Gasteiger charge is -2.46. The zero-order chi connectivity index (χ0) is 12.0. The van der Waals surface area contributed by atoms with Crippen LogP contribution in [-0.4, -0.2) is 11.7 Å². The third-order valence-electron chi connectivity index (χ3n) is 4.37. The van der Waals surface area contributed by atoms with Crippen LogP contribution in [0.4, 0.5) is 0 Å². The van der Waals surface area contributed by atoms with Crippen molar-refractivity contribution in [1.29, 1.82) is 0 Å². The maximum Gasteiger partial charge on any atom is 0.122 e. The highest BCUT2D eigenvalue weighted by atomic mass is 16.5. The quantitative estimate of drug-likeness (QED) is 0.849. The molecule has 1 aromatic carbocycles. The lowest BCUT2D eigenvalue weighted by Crippen LogP contribution is -2.43. The molecule has 0 spiro atoms. The number of ether oxygens (including phenoxy) is 1. The highest BCUT2D eigenvalue weighted by Gasteiger charge is 2.45. The minimum atomic E-state index is -0.577. The normalized spacial score (nSPS) is 30.9. The fraction of sp³-hybridized carbons (Fsp3) is 0.600. The van der Waals surface area contributed by atoms with Crippen LogP contribution in [0.5, 0.6) is 5.75 Å². The van der Waals surface area contributed by atoms with Crippen molar-refractivity contribution >= 4 is 0 Å². The first-order chi connectivity index (χ1) is 8.08. The fourth-order valence-electron chi connectivity index (χ4n) is 2.99. The Kier molecular flexibility index (Phi) is 2.44. The van der Waals surface area contributed by atoms with Crippen molar-refractivity contribution in [2.24, 2.45) is 11.8 Å². The predicted octanol–water partition coefficient (Wildman–Crippen LogP) is 2.88. The monoisotopic (exact) mass is 232 g/mol. The zero-order valence-corrected chi connectivity index (χ0v) is 10.6. The lowest BCUT2D eigenvalue weighted by molar-refractivity contribution is -0.0934. The van der Waals surface area contributed by atoms with Crippen LogP contribution in [0.15, 0.2) is 18.2 Å². The SMILES string of the molecule is CC(C)C1CC(O)(c2ccc3c(c2)CCO3)C1. The second kappa shape index (κ2) is 3.74. The van der Waals surface area contributed by atoms with E-state index in [0.717, 1.165) is 37.2 Å². The number of hydrogen-bond donors (Lipinski definition) is 1. The van der Waals surface area contributed by atoms with Crippen molar-refractivity contribution < 1.29 is 9.84 Å². The van der Waals surface area contributed by atoms with Crippen molar-refractivity contribution in [2.75, 3.05) is 6.61 Å². The molecular formula is C15H20O2. The molecule has 0 saturated heterocycles. The molecule has 92 valence electrons. The van der Waals surface area contributed by atoms with Gasteiger partial charge >= 0.3 is 0 Å². The van der Waals surface area contributed by atoms with Crippen LogP contribution < -0.4 is 4.74 Å². The van der Waals surface area contributed by atoms with Crippen LogP contribution >= 0.6 is 0 Å². The summed E-state index contributed by atoms with van der Waals surface area (Å²) in [5.74, 6) is 2.34. The van der Waals surface area contributed by atoms with Crippen molar-refractivity contribution in [3.63, 3.8) is 0 Å². The zero-order valence-electron chi connectivity index (χ0n) is 10.6. The van der Waals surface area contributed by atoms with Gasteiger partial charge in [0.15, 0.2) is 0 Å². The van der Waals surface area contributed by atoms with Crippen molar-refractivity contribution in [2.45, 2.75) is 38.7 Å². The van der Waals surface area contributed by atoms with Crippen LogP contribution in [0.1, 0.15) is 37.8 Å². The molecule has 1 aliphatic heterocycles. The van der Waals surface area contributed by atoms with Gasteiger partial charge in [-0.2, -0.15) is 0 Å². The summed E-state index contributed by atoms with van der Waals surface area (Å²) in [5, 5.41) is 10.6. The van der Waals surface area contributed by atoms with E-state index >= 15 is 0 Å². The highest BCUT2D eigenvalue weighted by molar-refractivity contribution is 5.42.